The molecule has 0 atom stereocenters. The Balaban J connectivity index is 2.84. The van der Waals surface area contributed by atoms with Crippen molar-refractivity contribution in [3.8, 4) is 5.69 Å². The third kappa shape index (κ3) is 3.23. The van der Waals surface area contributed by atoms with Crippen LogP contribution in [0.25, 0.3) is 5.69 Å². The van der Waals surface area contributed by atoms with Gasteiger partial charge in [0, 0.05) is 13.1 Å². The minimum atomic E-state index is -4.90. The zero-order valence-electron chi connectivity index (χ0n) is 11.8. The molecule has 0 spiro atoms. The lowest BCUT2D eigenvalue weighted by molar-refractivity contribution is -0.144. The van der Waals surface area contributed by atoms with E-state index in [1.807, 2.05) is 0 Å². The number of hydrogen-bond acceptors (Lipinski definition) is 4. The van der Waals surface area contributed by atoms with Crippen molar-refractivity contribution in [2.45, 2.75) is 11.1 Å². The second-order valence-electron chi connectivity index (χ2n) is 4.70. The summed E-state index contributed by atoms with van der Waals surface area (Å²) in [7, 11) is -3.44. The predicted octanol–water partition coefficient (Wildman–Crippen LogP) is 0.856. The monoisotopic (exact) mass is 383 g/mol. The molecular formula is C12H9ClF3N3O4S. The molecule has 2 N–H and O–H groups in total. The van der Waals surface area contributed by atoms with E-state index < -0.39 is 38.0 Å². The predicted molar refractivity (Wildman–Crippen MR) is 78.7 cm³/mol. The SMILES string of the molecule is Cn1c(C(F)(F)F)cc(=O)n(-c2ccc(Cl)c(S(N)(=O)=O)c2)c1=O. The molecule has 1 heterocycles. The molecule has 0 amide bonds. The Bertz CT molecular complexity index is 1040. The Morgan fingerprint density at radius 1 is 1.17 bits per heavy atom. The molecule has 2 aromatic rings. The average Bonchev–Trinajstić information content (AvgIpc) is 2.42. The number of sulfonamides is 1. The van der Waals surface area contributed by atoms with Crippen LogP contribution in [0.3, 0.4) is 0 Å². The number of nitrogens with two attached hydrogens (primary N) is 1. The van der Waals surface area contributed by atoms with Gasteiger partial charge in [0.25, 0.3) is 5.56 Å². The number of nitrogens with zero attached hydrogens (tertiary/aromatic N) is 2. The summed E-state index contributed by atoms with van der Waals surface area (Å²) in [5, 5.41) is 4.69. The van der Waals surface area contributed by atoms with Gasteiger partial charge < -0.3 is 0 Å². The maximum absolute atomic E-state index is 12.8. The van der Waals surface area contributed by atoms with Crippen LogP contribution in [0.5, 0.6) is 0 Å². The van der Waals surface area contributed by atoms with E-state index in [0.29, 0.717) is 4.57 Å². The van der Waals surface area contributed by atoms with Gasteiger partial charge in [-0.2, -0.15) is 13.2 Å². The highest BCUT2D eigenvalue weighted by molar-refractivity contribution is 7.89. The molecule has 0 saturated carbocycles. The lowest BCUT2D eigenvalue weighted by Gasteiger charge is -2.14. The highest BCUT2D eigenvalue weighted by Crippen LogP contribution is 2.27. The number of hydrogen-bond donors (Lipinski definition) is 1. The van der Waals surface area contributed by atoms with Gasteiger partial charge in [0.1, 0.15) is 10.6 Å². The Labute approximate surface area is 137 Å². The first kappa shape index (κ1) is 18.2. The molecule has 0 aliphatic heterocycles. The van der Waals surface area contributed by atoms with Crippen LogP contribution in [-0.2, 0) is 23.2 Å². The van der Waals surface area contributed by atoms with Crippen LogP contribution in [0.4, 0.5) is 13.2 Å². The molecule has 0 bridgehead atoms. The number of rotatable bonds is 2. The smallest absolute Gasteiger partial charge is 0.292 e. The highest BCUT2D eigenvalue weighted by Gasteiger charge is 2.35. The van der Waals surface area contributed by atoms with Gasteiger partial charge >= 0.3 is 11.9 Å². The molecule has 130 valence electrons. The summed E-state index contributed by atoms with van der Waals surface area (Å²) < 4.78 is 61.9. The van der Waals surface area contributed by atoms with E-state index in [1.54, 1.807) is 0 Å². The lowest BCUT2D eigenvalue weighted by Crippen LogP contribution is -2.40. The normalized spacial score (nSPS) is 12.4. The quantitative estimate of drug-likeness (QED) is 0.830. The fraction of sp³-hybridized carbons (Fsp3) is 0.167. The van der Waals surface area contributed by atoms with E-state index in [4.69, 9.17) is 16.7 Å². The fourth-order valence-electron chi connectivity index (χ4n) is 1.98. The van der Waals surface area contributed by atoms with Crippen molar-refractivity contribution < 1.29 is 21.6 Å². The summed E-state index contributed by atoms with van der Waals surface area (Å²) in [6.07, 6.45) is -4.90. The third-order valence-electron chi connectivity index (χ3n) is 3.09. The van der Waals surface area contributed by atoms with Crippen molar-refractivity contribution in [1.29, 1.82) is 0 Å². The molecule has 0 radical (unpaired) electrons. The second kappa shape index (κ2) is 5.76. The van der Waals surface area contributed by atoms with Gasteiger partial charge in [-0.05, 0) is 18.2 Å². The average molecular weight is 384 g/mol. The summed E-state index contributed by atoms with van der Waals surface area (Å²) in [4.78, 5) is 23.5. The fourth-order valence-corrected chi connectivity index (χ4v) is 3.05. The van der Waals surface area contributed by atoms with Gasteiger partial charge in [-0.25, -0.2) is 22.9 Å². The van der Waals surface area contributed by atoms with Crippen LogP contribution in [0, 0.1) is 0 Å². The van der Waals surface area contributed by atoms with E-state index in [-0.39, 0.29) is 21.3 Å². The zero-order chi connectivity index (χ0) is 18.4. The maximum Gasteiger partial charge on any atom is 0.431 e. The molecule has 0 saturated heterocycles. The number of benzene rings is 1. The van der Waals surface area contributed by atoms with Crippen molar-refractivity contribution in [2.75, 3.05) is 0 Å². The third-order valence-corrected chi connectivity index (χ3v) is 4.48. The standard InChI is InChI=1S/C12H9ClF3N3O4S/c1-18-9(12(14,15)16)5-10(20)19(11(18)21)6-2-3-7(13)8(4-6)24(17,22)23/h2-5H,1H3,(H2,17,22,23). The summed E-state index contributed by atoms with van der Waals surface area (Å²) in [5.74, 6) is 0. The van der Waals surface area contributed by atoms with E-state index >= 15 is 0 Å². The van der Waals surface area contributed by atoms with Crippen LogP contribution in [0.1, 0.15) is 5.69 Å². The lowest BCUT2D eigenvalue weighted by atomic mass is 10.3. The van der Waals surface area contributed by atoms with Gasteiger partial charge in [0.15, 0.2) is 0 Å². The molecule has 0 fully saturated rings. The van der Waals surface area contributed by atoms with Crippen LogP contribution >= 0.6 is 11.6 Å². The van der Waals surface area contributed by atoms with Crippen LogP contribution in [0.2, 0.25) is 5.02 Å². The van der Waals surface area contributed by atoms with Crippen molar-refractivity contribution >= 4 is 21.6 Å². The molecule has 1 aromatic heterocycles. The summed E-state index contributed by atoms with van der Waals surface area (Å²) >= 11 is 5.69. The molecule has 12 heteroatoms. The van der Waals surface area contributed by atoms with Gasteiger partial charge in [0.2, 0.25) is 10.0 Å². The number of alkyl halides is 3. The molecule has 0 aliphatic carbocycles. The summed E-state index contributed by atoms with van der Waals surface area (Å²) in [6.45, 7) is 0. The van der Waals surface area contributed by atoms with Gasteiger partial charge in [0.05, 0.1) is 10.7 Å². The van der Waals surface area contributed by atoms with Gasteiger partial charge in [-0.1, -0.05) is 11.6 Å². The Kier molecular flexibility index (Phi) is 4.37. The van der Waals surface area contributed by atoms with Crippen molar-refractivity contribution in [3.63, 3.8) is 0 Å². The molecule has 2 rings (SSSR count). The van der Waals surface area contributed by atoms with E-state index in [1.165, 1.54) is 0 Å². The first-order chi connectivity index (χ1) is 10.8. The molecule has 7 nitrogen and oxygen atoms in total. The van der Waals surface area contributed by atoms with Crippen LogP contribution in [0.15, 0.2) is 38.8 Å². The van der Waals surface area contributed by atoms with Crippen molar-refractivity contribution in [3.05, 3.63) is 55.8 Å². The Morgan fingerprint density at radius 2 is 1.75 bits per heavy atom. The van der Waals surface area contributed by atoms with Crippen molar-refractivity contribution in [2.24, 2.45) is 12.2 Å². The second-order valence-corrected chi connectivity index (χ2v) is 6.64. The largest absolute Gasteiger partial charge is 0.431 e. The summed E-state index contributed by atoms with van der Waals surface area (Å²) in [5.41, 5.74) is -4.32. The minimum absolute atomic E-state index is 0.229. The maximum atomic E-state index is 12.8. The molecule has 0 unspecified atom stereocenters. The van der Waals surface area contributed by atoms with E-state index in [9.17, 15) is 31.2 Å². The number of primary sulfonamides is 1. The Hall–Kier alpha value is -2.11. The topological polar surface area (TPSA) is 104 Å². The van der Waals surface area contributed by atoms with E-state index in [0.717, 1.165) is 25.2 Å². The number of aromatic nitrogens is 2. The van der Waals surface area contributed by atoms with Crippen LogP contribution in [-0.4, -0.2) is 17.6 Å². The molecule has 24 heavy (non-hydrogen) atoms. The first-order valence-electron chi connectivity index (χ1n) is 6.07. The Morgan fingerprint density at radius 3 is 2.25 bits per heavy atom. The highest BCUT2D eigenvalue weighted by atomic mass is 35.5. The van der Waals surface area contributed by atoms with Gasteiger partial charge in [-0.3, -0.25) is 9.36 Å². The zero-order valence-corrected chi connectivity index (χ0v) is 13.4. The molecule has 1 aromatic carbocycles. The van der Waals surface area contributed by atoms with Gasteiger partial charge in [-0.15, -0.1) is 0 Å². The molecular weight excluding hydrogens is 375 g/mol. The minimum Gasteiger partial charge on any atom is -0.292 e. The first-order valence-corrected chi connectivity index (χ1v) is 7.99. The van der Waals surface area contributed by atoms with Crippen LogP contribution < -0.4 is 16.4 Å². The van der Waals surface area contributed by atoms with Crippen molar-refractivity contribution in [1.82, 2.24) is 9.13 Å². The number of halogens is 4. The summed E-state index contributed by atoms with van der Waals surface area (Å²) in [6, 6.07) is 3.22. The van der Waals surface area contributed by atoms with E-state index in [2.05, 4.69) is 0 Å². The molecule has 0 aliphatic rings.